The van der Waals surface area contributed by atoms with Crippen molar-refractivity contribution in [1.82, 2.24) is 9.62 Å². The molecule has 0 spiro atoms. The van der Waals surface area contributed by atoms with Crippen LogP contribution in [0.1, 0.15) is 31.4 Å². The Bertz CT molecular complexity index is 1040. The van der Waals surface area contributed by atoms with E-state index >= 15 is 0 Å². The van der Waals surface area contributed by atoms with Gasteiger partial charge in [0.25, 0.3) is 0 Å². The van der Waals surface area contributed by atoms with E-state index < -0.39 is 15.9 Å². The van der Waals surface area contributed by atoms with Gasteiger partial charge in [-0.15, -0.1) is 0 Å². The molecular formula is C23H30N2O6S. The van der Waals surface area contributed by atoms with Crippen LogP contribution in [0, 0.1) is 5.92 Å². The first-order chi connectivity index (χ1) is 15.3. The normalized spacial score (nSPS) is 17.9. The molecule has 0 unspecified atom stereocenters. The number of hydrogen-bond acceptors (Lipinski definition) is 6. The molecule has 1 saturated heterocycles. The molecule has 2 atom stereocenters. The number of piperidine rings is 1. The third-order valence-corrected chi connectivity index (χ3v) is 7.60. The molecule has 32 heavy (non-hydrogen) atoms. The summed E-state index contributed by atoms with van der Waals surface area (Å²) in [6.45, 7) is 2.43. The van der Waals surface area contributed by atoms with Gasteiger partial charge in [-0.2, -0.15) is 4.31 Å². The minimum absolute atomic E-state index is 0.152. The summed E-state index contributed by atoms with van der Waals surface area (Å²) in [6.07, 6.45) is 1.26. The summed E-state index contributed by atoms with van der Waals surface area (Å²) < 4.78 is 43.2. The van der Waals surface area contributed by atoms with Gasteiger partial charge in [0.05, 0.1) is 38.2 Å². The molecule has 2 aromatic carbocycles. The highest BCUT2D eigenvalue weighted by atomic mass is 32.2. The second-order valence-electron chi connectivity index (χ2n) is 7.72. The Balaban J connectivity index is 1.68. The van der Waals surface area contributed by atoms with E-state index in [0.29, 0.717) is 36.6 Å². The minimum atomic E-state index is -3.68. The van der Waals surface area contributed by atoms with Crippen LogP contribution in [0.4, 0.5) is 0 Å². The van der Waals surface area contributed by atoms with E-state index in [9.17, 15) is 13.2 Å². The fourth-order valence-corrected chi connectivity index (χ4v) is 5.33. The molecule has 0 bridgehead atoms. The molecule has 3 rings (SSSR count). The summed E-state index contributed by atoms with van der Waals surface area (Å²) >= 11 is 0. The van der Waals surface area contributed by atoms with E-state index in [2.05, 4.69) is 5.32 Å². The summed E-state index contributed by atoms with van der Waals surface area (Å²) in [6, 6.07) is 11.5. The first-order valence-corrected chi connectivity index (χ1v) is 11.9. The zero-order valence-corrected chi connectivity index (χ0v) is 19.6. The molecule has 0 radical (unpaired) electrons. The Labute approximate surface area is 189 Å². The van der Waals surface area contributed by atoms with Gasteiger partial charge in [-0.1, -0.05) is 6.07 Å². The lowest BCUT2D eigenvalue weighted by atomic mass is 9.98. The average molecular weight is 463 g/mol. The molecule has 2 aromatic rings. The Kier molecular flexibility index (Phi) is 7.63. The molecule has 1 fully saturated rings. The monoisotopic (exact) mass is 462 g/mol. The van der Waals surface area contributed by atoms with E-state index in [1.54, 1.807) is 32.4 Å². The van der Waals surface area contributed by atoms with Crippen molar-refractivity contribution in [3.05, 3.63) is 48.0 Å². The number of carbonyl (C=O) groups is 1. The van der Waals surface area contributed by atoms with Crippen LogP contribution in [0.25, 0.3) is 0 Å². The molecule has 1 amide bonds. The second-order valence-corrected chi connectivity index (χ2v) is 9.66. The molecule has 0 saturated carbocycles. The quantitative estimate of drug-likeness (QED) is 0.648. The fraction of sp³-hybridized carbons (Fsp3) is 0.435. The zero-order valence-electron chi connectivity index (χ0n) is 18.8. The van der Waals surface area contributed by atoms with Gasteiger partial charge in [0.1, 0.15) is 5.75 Å². The first-order valence-electron chi connectivity index (χ1n) is 10.5. The van der Waals surface area contributed by atoms with Crippen molar-refractivity contribution in [3.63, 3.8) is 0 Å². The van der Waals surface area contributed by atoms with Crippen LogP contribution in [0.15, 0.2) is 47.4 Å². The van der Waals surface area contributed by atoms with E-state index in [0.717, 1.165) is 5.56 Å². The number of methoxy groups -OCH3 is 3. The SMILES string of the molecule is COc1ccc(S(=O)(=O)N2CCC[C@H](C(=O)N[C@H](C)c3ccc(OC)c(OC)c3)C2)cc1. The number of nitrogens with one attached hydrogen (secondary N) is 1. The molecule has 0 aliphatic carbocycles. The van der Waals surface area contributed by atoms with Crippen molar-refractivity contribution in [2.24, 2.45) is 5.92 Å². The van der Waals surface area contributed by atoms with Crippen LogP contribution in [-0.2, 0) is 14.8 Å². The van der Waals surface area contributed by atoms with Crippen LogP contribution in [0.3, 0.4) is 0 Å². The van der Waals surface area contributed by atoms with Crippen molar-refractivity contribution in [1.29, 1.82) is 0 Å². The van der Waals surface area contributed by atoms with Gasteiger partial charge >= 0.3 is 0 Å². The minimum Gasteiger partial charge on any atom is -0.497 e. The van der Waals surface area contributed by atoms with E-state index in [4.69, 9.17) is 14.2 Å². The van der Waals surface area contributed by atoms with Gasteiger partial charge < -0.3 is 19.5 Å². The second kappa shape index (κ2) is 10.2. The Morgan fingerprint density at radius 1 is 1.03 bits per heavy atom. The molecule has 1 aliphatic heterocycles. The van der Waals surface area contributed by atoms with Crippen LogP contribution >= 0.6 is 0 Å². The number of sulfonamides is 1. The lowest BCUT2D eigenvalue weighted by Crippen LogP contribution is -2.45. The highest BCUT2D eigenvalue weighted by Gasteiger charge is 2.33. The highest BCUT2D eigenvalue weighted by Crippen LogP contribution is 2.30. The molecule has 1 N–H and O–H groups in total. The summed E-state index contributed by atoms with van der Waals surface area (Å²) in [5.74, 6) is 1.20. The maximum atomic E-state index is 13.1. The number of benzene rings is 2. The molecule has 174 valence electrons. The van der Waals surface area contributed by atoms with Crippen molar-refractivity contribution in [3.8, 4) is 17.2 Å². The predicted molar refractivity (Wildman–Crippen MR) is 121 cm³/mol. The third-order valence-electron chi connectivity index (χ3n) is 5.72. The van der Waals surface area contributed by atoms with Crippen LogP contribution in [-0.4, -0.2) is 53.0 Å². The van der Waals surface area contributed by atoms with Crippen molar-refractivity contribution < 1.29 is 27.4 Å². The lowest BCUT2D eigenvalue weighted by Gasteiger charge is -2.32. The van der Waals surface area contributed by atoms with E-state index in [-0.39, 0.29) is 23.4 Å². The van der Waals surface area contributed by atoms with Gasteiger partial charge in [0.2, 0.25) is 15.9 Å². The average Bonchev–Trinajstić information content (AvgIpc) is 2.83. The predicted octanol–water partition coefficient (Wildman–Crippen LogP) is 2.99. The number of ether oxygens (including phenoxy) is 3. The van der Waals surface area contributed by atoms with Gasteiger partial charge in [0, 0.05) is 13.1 Å². The Morgan fingerprint density at radius 3 is 2.34 bits per heavy atom. The lowest BCUT2D eigenvalue weighted by molar-refractivity contribution is -0.126. The Morgan fingerprint density at radius 2 is 1.72 bits per heavy atom. The molecular weight excluding hydrogens is 432 g/mol. The van der Waals surface area contributed by atoms with Gasteiger partial charge in [-0.05, 0) is 61.7 Å². The van der Waals surface area contributed by atoms with Gasteiger partial charge in [-0.25, -0.2) is 8.42 Å². The fourth-order valence-electron chi connectivity index (χ4n) is 3.81. The van der Waals surface area contributed by atoms with Crippen LogP contribution in [0.5, 0.6) is 17.2 Å². The summed E-state index contributed by atoms with van der Waals surface area (Å²) in [4.78, 5) is 13.1. The van der Waals surface area contributed by atoms with Crippen LogP contribution < -0.4 is 19.5 Å². The van der Waals surface area contributed by atoms with E-state index in [1.807, 2.05) is 19.1 Å². The number of carbonyl (C=O) groups excluding carboxylic acids is 1. The third kappa shape index (κ3) is 5.16. The Hall–Kier alpha value is -2.78. The maximum absolute atomic E-state index is 13.1. The van der Waals surface area contributed by atoms with Gasteiger partial charge in [0.15, 0.2) is 11.5 Å². The van der Waals surface area contributed by atoms with Crippen molar-refractivity contribution in [2.75, 3.05) is 34.4 Å². The highest BCUT2D eigenvalue weighted by molar-refractivity contribution is 7.89. The summed E-state index contributed by atoms with van der Waals surface area (Å²) in [5, 5.41) is 3.01. The topological polar surface area (TPSA) is 94.2 Å². The number of amides is 1. The number of hydrogen-bond donors (Lipinski definition) is 1. The summed E-state index contributed by atoms with van der Waals surface area (Å²) in [5.41, 5.74) is 0.870. The number of rotatable bonds is 8. The summed E-state index contributed by atoms with van der Waals surface area (Å²) in [7, 11) is 0.972. The molecule has 1 heterocycles. The molecule has 0 aromatic heterocycles. The van der Waals surface area contributed by atoms with Crippen molar-refractivity contribution >= 4 is 15.9 Å². The molecule has 9 heteroatoms. The number of nitrogens with zero attached hydrogens (tertiary/aromatic N) is 1. The smallest absolute Gasteiger partial charge is 0.243 e. The zero-order chi connectivity index (χ0) is 23.3. The molecule has 8 nitrogen and oxygen atoms in total. The standard InChI is InChI=1S/C23H30N2O6S/c1-16(17-7-12-21(30-3)22(14-17)31-4)24-23(26)18-6-5-13-25(15-18)32(27,28)20-10-8-19(29-2)9-11-20/h7-12,14,16,18H,5-6,13,15H2,1-4H3,(H,24,26)/t16-,18+/m1/s1. The molecule has 1 aliphatic rings. The van der Waals surface area contributed by atoms with Crippen LogP contribution in [0.2, 0.25) is 0 Å². The van der Waals surface area contributed by atoms with E-state index in [1.165, 1.54) is 23.5 Å². The van der Waals surface area contributed by atoms with Gasteiger partial charge in [-0.3, -0.25) is 4.79 Å². The first kappa shape index (κ1) is 23.9. The largest absolute Gasteiger partial charge is 0.497 e. The maximum Gasteiger partial charge on any atom is 0.243 e. The van der Waals surface area contributed by atoms with Crippen molar-refractivity contribution in [2.45, 2.75) is 30.7 Å².